The molecule has 0 aromatic carbocycles. The summed E-state index contributed by atoms with van der Waals surface area (Å²) in [7, 11) is -1.93. The minimum Gasteiger partial charge on any atom is -0.395 e. The van der Waals surface area contributed by atoms with Crippen LogP contribution in [0.3, 0.4) is 0 Å². The van der Waals surface area contributed by atoms with Crippen molar-refractivity contribution < 1.29 is 8.85 Å². The average Bonchev–Trinajstić information content (AvgIpc) is 1.84. The Morgan fingerprint density at radius 3 is 2.18 bits per heavy atom. The van der Waals surface area contributed by atoms with Crippen molar-refractivity contribution in [2.45, 2.75) is 24.9 Å². The van der Waals surface area contributed by atoms with Gasteiger partial charge >= 0.3 is 8.56 Å². The van der Waals surface area contributed by atoms with Crippen molar-refractivity contribution in [3.63, 3.8) is 0 Å². The third-order valence-corrected chi connectivity index (χ3v) is 3.15. The predicted molar refractivity (Wildman–Crippen MR) is 50.6 cm³/mol. The van der Waals surface area contributed by atoms with Gasteiger partial charge in [-0.2, -0.15) is 0 Å². The van der Waals surface area contributed by atoms with E-state index in [1.807, 2.05) is 20.0 Å². The summed E-state index contributed by atoms with van der Waals surface area (Å²) < 4.78 is 10.8. The average molecular weight is 217 g/mol. The zero-order valence-corrected chi connectivity index (χ0v) is 9.58. The Morgan fingerprint density at radius 1 is 1.27 bits per heavy atom. The topological polar surface area (TPSA) is 18.5 Å². The maximum Gasteiger partial charge on any atom is 0.331 e. The first-order chi connectivity index (χ1) is 4.98. The SMILES string of the molecule is CCO[Si](C)(C)OCC(Cl)Cl. The summed E-state index contributed by atoms with van der Waals surface area (Å²) in [5.41, 5.74) is 0. The van der Waals surface area contributed by atoms with E-state index in [1.165, 1.54) is 0 Å². The summed E-state index contributed by atoms with van der Waals surface area (Å²) in [4.78, 5) is -0.456. The van der Waals surface area contributed by atoms with E-state index in [0.717, 1.165) is 0 Å². The molecule has 0 aromatic rings. The Bertz CT molecular complexity index is 109. The van der Waals surface area contributed by atoms with Gasteiger partial charge in [-0.25, -0.2) is 0 Å². The van der Waals surface area contributed by atoms with Gasteiger partial charge in [0.15, 0.2) is 0 Å². The number of hydrogen-bond acceptors (Lipinski definition) is 2. The van der Waals surface area contributed by atoms with Crippen LogP contribution in [-0.4, -0.2) is 26.6 Å². The lowest BCUT2D eigenvalue weighted by atomic mass is 10.9. The van der Waals surface area contributed by atoms with E-state index in [2.05, 4.69) is 0 Å². The van der Waals surface area contributed by atoms with Crippen LogP contribution in [0.25, 0.3) is 0 Å². The Hall–Kier alpha value is 0.717. The number of alkyl halides is 2. The summed E-state index contributed by atoms with van der Waals surface area (Å²) >= 11 is 11.0. The van der Waals surface area contributed by atoms with Crippen molar-refractivity contribution in [2.75, 3.05) is 13.2 Å². The Kier molecular flexibility index (Phi) is 5.73. The maximum absolute atomic E-state index is 5.49. The van der Waals surface area contributed by atoms with E-state index in [4.69, 9.17) is 32.1 Å². The summed E-state index contributed by atoms with van der Waals surface area (Å²) in [6.07, 6.45) is 0. The molecule has 0 atom stereocenters. The minimum absolute atomic E-state index is 0.350. The highest BCUT2D eigenvalue weighted by Crippen LogP contribution is 2.10. The molecular formula is C6H14Cl2O2Si. The largest absolute Gasteiger partial charge is 0.395 e. The lowest BCUT2D eigenvalue weighted by Gasteiger charge is -2.21. The fraction of sp³-hybridized carbons (Fsp3) is 1.00. The zero-order chi connectivity index (χ0) is 8.91. The van der Waals surface area contributed by atoms with Crippen molar-refractivity contribution in [2.24, 2.45) is 0 Å². The normalized spacial score (nSPS) is 12.5. The van der Waals surface area contributed by atoms with Gasteiger partial charge in [-0.3, -0.25) is 0 Å². The Balaban J connectivity index is 3.54. The smallest absolute Gasteiger partial charge is 0.331 e. The molecule has 0 bridgehead atoms. The molecule has 0 amide bonds. The second kappa shape index (κ2) is 5.38. The van der Waals surface area contributed by atoms with Crippen molar-refractivity contribution >= 4 is 31.8 Å². The summed E-state index contributed by atoms with van der Waals surface area (Å²) in [5, 5.41) is 0. The molecule has 0 rings (SSSR count). The van der Waals surface area contributed by atoms with E-state index < -0.39 is 13.4 Å². The first-order valence-electron chi connectivity index (χ1n) is 3.54. The van der Waals surface area contributed by atoms with E-state index in [0.29, 0.717) is 13.2 Å². The van der Waals surface area contributed by atoms with Gasteiger partial charge < -0.3 is 8.85 Å². The van der Waals surface area contributed by atoms with Crippen LogP contribution in [0.5, 0.6) is 0 Å². The van der Waals surface area contributed by atoms with E-state index in [9.17, 15) is 0 Å². The van der Waals surface area contributed by atoms with Gasteiger partial charge in [-0.15, -0.1) is 23.2 Å². The van der Waals surface area contributed by atoms with Crippen LogP contribution in [0.4, 0.5) is 0 Å². The molecule has 0 radical (unpaired) electrons. The molecule has 0 saturated carbocycles. The molecular weight excluding hydrogens is 203 g/mol. The molecule has 11 heavy (non-hydrogen) atoms. The zero-order valence-electron chi connectivity index (χ0n) is 7.06. The third kappa shape index (κ3) is 7.09. The first kappa shape index (κ1) is 11.7. The van der Waals surface area contributed by atoms with Gasteiger partial charge in [0.1, 0.15) is 4.84 Å². The highest BCUT2D eigenvalue weighted by atomic mass is 35.5. The van der Waals surface area contributed by atoms with Crippen LogP contribution in [-0.2, 0) is 8.85 Å². The van der Waals surface area contributed by atoms with Gasteiger partial charge in [-0.1, -0.05) is 0 Å². The molecule has 0 fully saturated rings. The summed E-state index contributed by atoms with van der Waals surface area (Å²) in [5.74, 6) is 0. The van der Waals surface area contributed by atoms with Crippen LogP contribution < -0.4 is 0 Å². The Labute approximate surface area is 79.0 Å². The molecule has 0 unspecified atom stereocenters. The van der Waals surface area contributed by atoms with Crippen molar-refractivity contribution in [3.05, 3.63) is 0 Å². The summed E-state index contributed by atoms with van der Waals surface area (Å²) in [6.45, 7) is 6.90. The van der Waals surface area contributed by atoms with Gasteiger partial charge in [-0.05, 0) is 20.0 Å². The van der Waals surface area contributed by atoms with E-state index in [1.54, 1.807) is 0 Å². The number of hydrogen-bond donors (Lipinski definition) is 0. The standard InChI is InChI=1S/C6H14Cl2O2Si/c1-4-9-11(2,3)10-5-6(7)8/h6H,4-5H2,1-3H3. The third-order valence-electron chi connectivity index (χ3n) is 1.05. The number of halogens is 2. The highest BCUT2D eigenvalue weighted by Gasteiger charge is 2.24. The molecule has 0 heterocycles. The van der Waals surface area contributed by atoms with Crippen molar-refractivity contribution in [3.8, 4) is 0 Å². The quantitative estimate of drug-likeness (QED) is 0.520. The van der Waals surface area contributed by atoms with Crippen molar-refractivity contribution in [1.82, 2.24) is 0 Å². The Morgan fingerprint density at radius 2 is 1.82 bits per heavy atom. The number of rotatable bonds is 5. The molecule has 5 heteroatoms. The molecule has 0 saturated heterocycles. The predicted octanol–water partition coefficient (Wildman–Crippen LogP) is 2.55. The fourth-order valence-electron chi connectivity index (χ4n) is 0.653. The molecule has 0 spiro atoms. The van der Waals surface area contributed by atoms with Crippen LogP contribution in [0.1, 0.15) is 6.92 Å². The van der Waals surface area contributed by atoms with Crippen LogP contribution in [0.15, 0.2) is 0 Å². The molecule has 0 aliphatic rings. The van der Waals surface area contributed by atoms with Gasteiger partial charge in [0.25, 0.3) is 0 Å². The van der Waals surface area contributed by atoms with E-state index in [-0.39, 0.29) is 0 Å². The molecule has 2 nitrogen and oxygen atoms in total. The van der Waals surface area contributed by atoms with Crippen molar-refractivity contribution in [1.29, 1.82) is 0 Å². The van der Waals surface area contributed by atoms with Crippen LogP contribution in [0, 0.1) is 0 Å². The monoisotopic (exact) mass is 216 g/mol. The highest BCUT2D eigenvalue weighted by molar-refractivity contribution is 6.64. The van der Waals surface area contributed by atoms with Crippen LogP contribution >= 0.6 is 23.2 Å². The second-order valence-electron chi connectivity index (χ2n) is 2.53. The lowest BCUT2D eigenvalue weighted by molar-refractivity contribution is 0.193. The minimum atomic E-state index is -1.93. The van der Waals surface area contributed by atoms with Gasteiger partial charge in [0, 0.05) is 6.61 Å². The molecule has 0 aliphatic carbocycles. The molecule has 0 N–H and O–H groups in total. The maximum atomic E-state index is 5.49. The molecule has 0 aromatic heterocycles. The fourth-order valence-corrected chi connectivity index (χ4v) is 2.34. The first-order valence-corrected chi connectivity index (χ1v) is 7.23. The molecule has 68 valence electrons. The lowest BCUT2D eigenvalue weighted by Crippen LogP contribution is -2.36. The van der Waals surface area contributed by atoms with E-state index >= 15 is 0 Å². The van der Waals surface area contributed by atoms with Gasteiger partial charge in [0.2, 0.25) is 0 Å². The van der Waals surface area contributed by atoms with Crippen LogP contribution in [0.2, 0.25) is 13.1 Å². The summed E-state index contributed by atoms with van der Waals surface area (Å²) in [6, 6.07) is 0. The molecule has 0 aliphatic heterocycles. The van der Waals surface area contributed by atoms with Gasteiger partial charge in [0.05, 0.1) is 6.61 Å². The second-order valence-corrected chi connectivity index (χ2v) is 7.19.